The van der Waals surface area contributed by atoms with E-state index < -0.39 is 43.4 Å². The molecule has 1 unspecified atom stereocenters. The fourth-order valence-electron chi connectivity index (χ4n) is 2.07. The summed E-state index contributed by atoms with van der Waals surface area (Å²) in [4.78, 5) is 42.2. The van der Waals surface area contributed by atoms with Crippen molar-refractivity contribution < 1.29 is 45.8 Å². The van der Waals surface area contributed by atoms with E-state index in [2.05, 4.69) is 4.52 Å². The van der Waals surface area contributed by atoms with Gasteiger partial charge in [0.15, 0.2) is 17.3 Å². The van der Waals surface area contributed by atoms with Gasteiger partial charge in [-0.2, -0.15) is 17.6 Å². The number of alkyl halides is 4. The minimum atomic E-state index is -3.37. The average Bonchev–Trinajstić information content (AvgIpc) is 2.75. The topological polar surface area (TPSA) is 94.6 Å². The lowest BCUT2D eigenvalue weighted by atomic mass is 10.1. The van der Waals surface area contributed by atoms with E-state index in [1.165, 1.54) is 13.6 Å². The van der Waals surface area contributed by atoms with Crippen LogP contribution in [0.1, 0.15) is 92.4 Å². The van der Waals surface area contributed by atoms with Crippen LogP contribution in [-0.2, 0) is 28.3 Å². The zero-order valence-electron chi connectivity index (χ0n) is 21.5. The second kappa shape index (κ2) is 18.9. The van der Waals surface area contributed by atoms with E-state index in [1.807, 2.05) is 13.8 Å². The molecular weight excluding hydrogens is 479 g/mol. The van der Waals surface area contributed by atoms with Gasteiger partial charge in [-0.3, -0.25) is 23.7 Å². The van der Waals surface area contributed by atoms with Crippen LogP contribution in [0.5, 0.6) is 0 Å². The maximum Gasteiger partial charge on any atom is 0.305 e. The van der Waals surface area contributed by atoms with Gasteiger partial charge in [-0.25, -0.2) is 0 Å². The Morgan fingerprint density at radius 3 is 1.53 bits per heavy atom. The number of Topliss-reactive ketones (excluding diaryl/α,β-unsaturated/α-hetero) is 4. The lowest BCUT2D eigenvalue weighted by Gasteiger charge is -2.16. The predicted octanol–water partition coefficient (Wildman–Crippen LogP) is 6.67. The second-order valence-electron chi connectivity index (χ2n) is 8.03. The van der Waals surface area contributed by atoms with Crippen LogP contribution in [0, 0.1) is 0 Å². The fourth-order valence-corrected chi connectivity index (χ4v) is 2.95. The number of rotatable bonds is 15. The number of halogens is 4. The van der Waals surface area contributed by atoms with E-state index in [9.17, 15) is 41.3 Å². The molecule has 0 aliphatic carbocycles. The monoisotopic (exact) mass is 520 g/mol. The van der Waals surface area contributed by atoms with E-state index >= 15 is 0 Å². The molecule has 202 valence electrons. The van der Waals surface area contributed by atoms with Crippen LogP contribution in [0.2, 0.25) is 0 Å². The summed E-state index contributed by atoms with van der Waals surface area (Å²) < 4.78 is 66.9. The molecule has 1 atom stereocenters. The van der Waals surface area contributed by atoms with Gasteiger partial charge in [0.1, 0.15) is 0 Å². The molecule has 0 fully saturated rings. The Hall–Kier alpha value is -1.41. The van der Waals surface area contributed by atoms with Gasteiger partial charge >= 0.3 is 11.8 Å². The normalized spacial score (nSPS) is 12.9. The average molecular weight is 521 g/mol. The number of carbonyl (C=O) groups excluding carboxylic acids is 4. The molecule has 0 bridgehead atoms. The Morgan fingerprint density at radius 2 is 1.21 bits per heavy atom. The molecule has 0 spiro atoms. The van der Waals surface area contributed by atoms with Crippen molar-refractivity contribution in [1.29, 1.82) is 0 Å². The number of unbranched alkanes of at least 4 members (excludes halogenated alkanes) is 3. The van der Waals surface area contributed by atoms with E-state index in [0.29, 0.717) is 25.7 Å². The summed E-state index contributed by atoms with van der Waals surface area (Å²) in [5.74, 6) is -9.33. The van der Waals surface area contributed by atoms with Crippen LogP contribution in [0.4, 0.5) is 17.6 Å². The van der Waals surface area contributed by atoms with Crippen LogP contribution in [0.15, 0.2) is 0 Å². The van der Waals surface area contributed by atoms with Crippen LogP contribution < -0.4 is 0 Å². The van der Waals surface area contributed by atoms with Crippen molar-refractivity contribution in [3.63, 3.8) is 0 Å². The summed E-state index contributed by atoms with van der Waals surface area (Å²) >= 11 is 0. The zero-order chi connectivity index (χ0) is 27.6. The van der Waals surface area contributed by atoms with Gasteiger partial charge in [0.2, 0.25) is 13.2 Å². The van der Waals surface area contributed by atoms with Gasteiger partial charge in [0.05, 0.1) is 6.16 Å². The van der Waals surface area contributed by atoms with Crippen molar-refractivity contribution in [3.05, 3.63) is 0 Å². The largest absolute Gasteiger partial charge is 0.332 e. The molecule has 0 aromatic carbocycles. The highest BCUT2D eigenvalue weighted by molar-refractivity contribution is 7.59. The zero-order valence-corrected chi connectivity index (χ0v) is 22.4. The molecular formula is C23H41F4O6P. The summed E-state index contributed by atoms with van der Waals surface area (Å²) in [7, 11) is -2.04. The first kappa shape index (κ1) is 37.1. The predicted molar refractivity (Wildman–Crippen MR) is 125 cm³/mol. The molecule has 0 aromatic rings. The maximum atomic E-state index is 13.1. The standard InChI is InChI=1S/C9H17F2O3P.C7H12F2O.C7H12O2/c1-4-5-6-9(10,11)8(12)7-15(3,13)14-2;1-3-4-5-7(8,9)6(2)10;1-3-4-5-7(9)6(2)8/h4-7H2,1-3H3;3-5H2,1-2H3;3-5H2,1-2H3. The van der Waals surface area contributed by atoms with Gasteiger partial charge in [0.25, 0.3) is 0 Å². The van der Waals surface area contributed by atoms with E-state index in [0.717, 1.165) is 26.9 Å². The Morgan fingerprint density at radius 1 is 0.794 bits per heavy atom. The van der Waals surface area contributed by atoms with Crippen molar-refractivity contribution in [1.82, 2.24) is 0 Å². The molecule has 34 heavy (non-hydrogen) atoms. The highest BCUT2D eigenvalue weighted by Crippen LogP contribution is 2.43. The first-order chi connectivity index (χ1) is 15.4. The number of carbonyl (C=O) groups is 4. The molecule has 0 saturated heterocycles. The number of hydrogen-bond acceptors (Lipinski definition) is 6. The van der Waals surface area contributed by atoms with Crippen LogP contribution in [0.3, 0.4) is 0 Å². The Labute approximate surface area is 201 Å². The fraction of sp³-hybridized carbons (Fsp3) is 0.826. The Bertz CT molecular complexity index is 680. The molecule has 6 nitrogen and oxygen atoms in total. The van der Waals surface area contributed by atoms with Crippen molar-refractivity contribution >= 4 is 30.5 Å². The van der Waals surface area contributed by atoms with Gasteiger partial charge in [-0.1, -0.05) is 40.0 Å². The third-order valence-corrected chi connectivity index (χ3v) is 6.21. The number of ketones is 4. The highest BCUT2D eigenvalue weighted by atomic mass is 31.2. The molecule has 0 N–H and O–H groups in total. The molecule has 0 saturated carbocycles. The van der Waals surface area contributed by atoms with Gasteiger partial charge < -0.3 is 4.52 Å². The SMILES string of the molecule is CCCCC(=O)C(C)=O.CCCCC(F)(F)C(=O)CP(C)(=O)OC.CCCCC(F)(F)C(C)=O. The lowest BCUT2D eigenvalue weighted by Crippen LogP contribution is -2.31. The van der Waals surface area contributed by atoms with Crippen molar-refractivity contribution in [2.75, 3.05) is 19.9 Å². The highest BCUT2D eigenvalue weighted by Gasteiger charge is 2.40. The third kappa shape index (κ3) is 20.0. The minimum absolute atomic E-state index is 0.239. The van der Waals surface area contributed by atoms with Gasteiger partial charge in [0, 0.05) is 46.9 Å². The van der Waals surface area contributed by atoms with Crippen molar-refractivity contribution in [2.24, 2.45) is 0 Å². The molecule has 0 rings (SSSR count). The van der Waals surface area contributed by atoms with E-state index in [4.69, 9.17) is 0 Å². The van der Waals surface area contributed by atoms with Crippen LogP contribution in [-0.4, -0.2) is 54.9 Å². The summed E-state index contributed by atoms with van der Waals surface area (Å²) in [6, 6.07) is 0. The van der Waals surface area contributed by atoms with E-state index in [-0.39, 0.29) is 24.4 Å². The Balaban J connectivity index is -0.000000444. The van der Waals surface area contributed by atoms with E-state index in [1.54, 1.807) is 6.92 Å². The summed E-state index contributed by atoms with van der Waals surface area (Å²) in [5, 5.41) is 0. The van der Waals surface area contributed by atoms with Crippen molar-refractivity contribution in [3.8, 4) is 0 Å². The first-order valence-electron chi connectivity index (χ1n) is 11.4. The molecule has 0 aliphatic rings. The van der Waals surface area contributed by atoms with Crippen LogP contribution in [0.25, 0.3) is 0 Å². The van der Waals surface area contributed by atoms with Crippen molar-refractivity contribution in [2.45, 2.75) is 104 Å². The maximum absolute atomic E-state index is 13.1. The molecule has 0 heterocycles. The minimum Gasteiger partial charge on any atom is -0.332 e. The summed E-state index contributed by atoms with van der Waals surface area (Å²) in [6.07, 6.45) is 2.72. The molecule has 0 radical (unpaired) electrons. The second-order valence-corrected chi connectivity index (χ2v) is 10.7. The van der Waals surface area contributed by atoms with Crippen LogP contribution >= 0.6 is 7.37 Å². The molecule has 11 heteroatoms. The quantitative estimate of drug-likeness (QED) is 0.136. The number of hydrogen-bond donors (Lipinski definition) is 0. The molecule has 0 aromatic heterocycles. The third-order valence-electron chi connectivity index (χ3n) is 4.58. The lowest BCUT2D eigenvalue weighted by molar-refractivity contribution is -0.141. The molecule has 0 aliphatic heterocycles. The summed E-state index contributed by atoms with van der Waals surface area (Å²) in [6.45, 7) is 9.00. The van der Waals surface area contributed by atoms with Gasteiger partial charge in [-0.15, -0.1) is 0 Å². The summed E-state index contributed by atoms with van der Waals surface area (Å²) in [5.41, 5.74) is 0. The first-order valence-corrected chi connectivity index (χ1v) is 13.7. The van der Waals surface area contributed by atoms with Gasteiger partial charge in [-0.05, 0) is 19.3 Å². The Kier molecular flexibility index (Phi) is 20.6. The molecule has 0 amide bonds. The smallest absolute Gasteiger partial charge is 0.305 e.